The van der Waals surface area contributed by atoms with Crippen LogP contribution < -0.4 is 0 Å². The van der Waals surface area contributed by atoms with E-state index in [1.807, 2.05) is 27.7 Å². The zero-order valence-corrected chi connectivity index (χ0v) is 17.0. The second-order valence-electron chi connectivity index (χ2n) is 7.69. The van der Waals surface area contributed by atoms with Crippen molar-refractivity contribution >= 4 is 25.5 Å². The fourth-order valence-corrected chi connectivity index (χ4v) is 2.98. The summed E-state index contributed by atoms with van der Waals surface area (Å²) >= 11 is 0. The van der Waals surface area contributed by atoms with E-state index in [1.165, 1.54) is 0 Å². The molecular formula is C15H33NO3SSi. The number of hydrogen-bond donors (Lipinski definition) is 0. The average Bonchev–Trinajstić information content (AvgIpc) is 2.29. The van der Waals surface area contributed by atoms with Crippen molar-refractivity contribution in [2.45, 2.75) is 77.4 Å². The molecule has 0 radical (unpaired) electrons. The first-order valence-electron chi connectivity index (χ1n) is 7.53. The van der Waals surface area contributed by atoms with Crippen LogP contribution in [0.2, 0.25) is 18.1 Å². The molecule has 0 saturated heterocycles. The average molecular weight is 336 g/mol. The summed E-state index contributed by atoms with van der Waals surface area (Å²) in [4.78, 5) is 0. The maximum atomic E-state index is 12.0. The van der Waals surface area contributed by atoms with Gasteiger partial charge in [-0.25, -0.2) is 4.21 Å². The molecule has 0 heterocycles. The highest BCUT2D eigenvalue weighted by Gasteiger charge is 2.39. The van der Waals surface area contributed by atoms with Gasteiger partial charge in [-0.1, -0.05) is 20.8 Å². The summed E-state index contributed by atoms with van der Waals surface area (Å²) in [5.74, 6) is 0. The number of rotatable bonds is 7. The fraction of sp³-hybridized carbons (Fsp3) is 0.933. The molecule has 0 aromatic carbocycles. The van der Waals surface area contributed by atoms with Gasteiger partial charge in [0, 0.05) is 12.8 Å². The van der Waals surface area contributed by atoms with Gasteiger partial charge in [-0.2, -0.15) is 4.40 Å². The van der Waals surface area contributed by atoms with Crippen LogP contribution in [0.4, 0.5) is 0 Å². The molecule has 0 aliphatic heterocycles. The summed E-state index contributed by atoms with van der Waals surface area (Å²) in [6, 6.07) is 0. The summed E-state index contributed by atoms with van der Waals surface area (Å²) in [6.07, 6.45) is 1.43. The number of hydrogen-bond acceptors (Lipinski definition) is 3. The Morgan fingerprint density at radius 1 is 1.19 bits per heavy atom. The molecular weight excluding hydrogens is 302 g/mol. The van der Waals surface area contributed by atoms with E-state index in [9.17, 15) is 4.21 Å². The van der Waals surface area contributed by atoms with Crippen LogP contribution in [-0.2, 0) is 20.1 Å². The second-order valence-corrected chi connectivity index (χ2v) is 14.4. The molecule has 0 amide bonds. The van der Waals surface area contributed by atoms with Gasteiger partial charge in [0.15, 0.2) is 8.32 Å². The lowest BCUT2D eigenvalue weighted by Crippen LogP contribution is -2.45. The smallest absolute Gasteiger partial charge is 0.193 e. The van der Waals surface area contributed by atoms with Crippen molar-refractivity contribution in [1.29, 1.82) is 0 Å². The van der Waals surface area contributed by atoms with Crippen LogP contribution in [0.15, 0.2) is 4.40 Å². The molecule has 0 N–H and O–H groups in total. The van der Waals surface area contributed by atoms with Gasteiger partial charge in [0.05, 0.1) is 11.4 Å². The molecule has 0 saturated carbocycles. The molecule has 21 heavy (non-hydrogen) atoms. The Balaban J connectivity index is 4.98. The van der Waals surface area contributed by atoms with Crippen molar-refractivity contribution in [3.63, 3.8) is 0 Å². The molecule has 4 nitrogen and oxygen atoms in total. The molecule has 0 aliphatic rings. The minimum absolute atomic E-state index is 0.120. The highest BCUT2D eigenvalue weighted by Crippen LogP contribution is 2.37. The van der Waals surface area contributed by atoms with E-state index in [-0.39, 0.29) is 15.9 Å². The largest absolute Gasteiger partial charge is 0.407 e. The number of ether oxygens (including phenoxy) is 1. The highest BCUT2D eigenvalue weighted by molar-refractivity contribution is 7.85. The Labute approximate surface area is 134 Å². The monoisotopic (exact) mass is 335 g/mol. The van der Waals surface area contributed by atoms with E-state index in [2.05, 4.69) is 38.3 Å². The standard InChI is InChI=1S/C15H33NO3SSi/c1-10-18-12-13(11-16-20(17)14(2,3)4)19-21(8,9)15(5,6)7/h11,13H,10,12H2,1-9H3/b16-11+/t13-,20+/m0/s1. The van der Waals surface area contributed by atoms with E-state index in [0.29, 0.717) is 13.2 Å². The first-order valence-corrected chi connectivity index (χ1v) is 11.5. The second kappa shape index (κ2) is 7.99. The third-order valence-electron chi connectivity index (χ3n) is 3.59. The van der Waals surface area contributed by atoms with Crippen LogP contribution >= 0.6 is 0 Å². The Hall–Kier alpha value is -0.0431. The van der Waals surface area contributed by atoms with E-state index in [0.717, 1.165) is 0 Å². The highest BCUT2D eigenvalue weighted by atomic mass is 32.2. The van der Waals surface area contributed by atoms with Gasteiger partial charge in [0.25, 0.3) is 0 Å². The SMILES string of the molecule is CCOC[C@H](/C=N/[S@](=O)C(C)(C)C)O[Si](C)(C)C(C)(C)C. The predicted molar refractivity (Wildman–Crippen MR) is 95.0 cm³/mol. The van der Waals surface area contributed by atoms with E-state index in [1.54, 1.807) is 6.21 Å². The molecule has 6 heteroatoms. The molecule has 0 rings (SSSR count). The summed E-state index contributed by atoms with van der Waals surface area (Å²) in [7, 11) is -3.17. The molecule has 2 atom stereocenters. The normalized spacial score (nSPS) is 17.2. The molecule has 0 aliphatic carbocycles. The van der Waals surface area contributed by atoms with Gasteiger partial charge < -0.3 is 9.16 Å². The molecule has 0 aromatic rings. The molecule has 0 bridgehead atoms. The van der Waals surface area contributed by atoms with Gasteiger partial charge in [-0.15, -0.1) is 0 Å². The zero-order valence-electron chi connectivity index (χ0n) is 15.1. The lowest BCUT2D eigenvalue weighted by Gasteiger charge is -2.38. The Morgan fingerprint density at radius 2 is 1.71 bits per heavy atom. The molecule has 0 aromatic heterocycles. The first-order chi connectivity index (χ1) is 9.31. The minimum Gasteiger partial charge on any atom is -0.407 e. The lowest BCUT2D eigenvalue weighted by atomic mass is 10.2. The maximum absolute atomic E-state index is 12.0. The molecule has 0 fully saturated rings. The van der Waals surface area contributed by atoms with Gasteiger partial charge >= 0.3 is 0 Å². The third kappa shape index (κ3) is 7.67. The Bertz CT molecular complexity index is 370. The van der Waals surface area contributed by atoms with Crippen molar-refractivity contribution in [2.75, 3.05) is 13.2 Å². The van der Waals surface area contributed by atoms with Gasteiger partial charge in [-0.05, 0) is 45.8 Å². The molecule has 0 spiro atoms. The topological polar surface area (TPSA) is 47.9 Å². The van der Waals surface area contributed by atoms with Crippen molar-refractivity contribution in [3.8, 4) is 0 Å². The van der Waals surface area contributed by atoms with Crippen LogP contribution in [0.1, 0.15) is 48.5 Å². The molecule has 0 unspecified atom stereocenters. The van der Waals surface area contributed by atoms with E-state index in [4.69, 9.17) is 9.16 Å². The molecule has 126 valence electrons. The summed E-state index contributed by atoms with van der Waals surface area (Å²) < 4.78 is 27.6. The maximum Gasteiger partial charge on any atom is 0.193 e. The van der Waals surface area contributed by atoms with Gasteiger partial charge in [0.2, 0.25) is 0 Å². The van der Waals surface area contributed by atoms with E-state index < -0.39 is 19.3 Å². The van der Waals surface area contributed by atoms with Crippen LogP contribution in [-0.4, -0.2) is 42.8 Å². The van der Waals surface area contributed by atoms with Crippen LogP contribution in [0.5, 0.6) is 0 Å². The quantitative estimate of drug-likeness (QED) is 0.523. The zero-order chi connectivity index (χ0) is 16.9. The fourth-order valence-electron chi connectivity index (χ4n) is 1.18. The van der Waals surface area contributed by atoms with Crippen molar-refractivity contribution in [3.05, 3.63) is 0 Å². The first kappa shape index (κ1) is 21.0. The van der Waals surface area contributed by atoms with Crippen molar-refractivity contribution in [2.24, 2.45) is 4.40 Å². The van der Waals surface area contributed by atoms with Crippen LogP contribution in [0.25, 0.3) is 0 Å². The summed E-state index contributed by atoms with van der Waals surface area (Å²) in [5.41, 5.74) is 0. The lowest BCUT2D eigenvalue weighted by molar-refractivity contribution is 0.0824. The van der Waals surface area contributed by atoms with Gasteiger partial charge in [0.1, 0.15) is 17.1 Å². The van der Waals surface area contributed by atoms with Crippen molar-refractivity contribution < 1.29 is 13.4 Å². The van der Waals surface area contributed by atoms with Crippen molar-refractivity contribution in [1.82, 2.24) is 0 Å². The summed E-state index contributed by atoms with van der Waals surface area (Å²) in [6.45, 7) is 19.7. The van der Waals surface area contributed by atoms with Crippen LogP contribution in [0, 0.1) is 0 Å². The number of nitrogens with zero attached hydrogens (tertiary/aromatic N) is 1. The minimum atomic E-state index is -1.91. The van der Waals surface area contributed by atoms with E-state index >= 15 is 0 Å². The summed E-state index contributed by atoms with van der Waals surface area (Å²) in [5, 5.41) is 0.120. The van der Waals surface area contributed by atoms with Gasteiger partial charge in [-0.3, -0.25) is 0 Å². The van der Waals surface area contributed by atoms with Crippen LogP contribution in [0.3, 0.4) is 0 Å². The Morgan fingerprint density at radius 3 is 2.10 bits per heavy atom. The third-order valence-corrected chi connectivity index (χ3v) is 9.45. The predicted octanol–water partition coefficient (Wildman–Crippen LogP) is 3.95. The Kier molecular flexibility index (Phi) is 7.98.